The quantitative estimate of drug-likeness (QED) is 0.798. The normalized spacial score (nSPS) is 17.9. The Bertz CT molecular complexity index is 586. The van der Waals surface area contributed by atoms with E-state index in [9.17, 15) is 4.79 Å². The first-order valence-electron chi connectivity index (χ1n) is 6.76. The van der Waals surface area contributed by atoms with E-state index in [1.165, 1.54) is 0 Å². The number of benzene rings is 2. The second-order valence-corrected chi connectivity index (χ2v) is 4.84. The summed E-state index contributed by atoms with van der Waals surface area (Å²) in [7, 11) is 0. The summed E-state index contributed by atoms with van der Waals surface area (Å²) < 4.78 is 11.4. The third-order valence-electron chi connectivity index (χ3n) is 3.41. The van der Waals surface area contributed by atoms with Crippen LogP contribution in [0.1, 0.15) is 16.8 Å². The molecule has 3 heteroatoms. The lowest BCUT2D eigenvalue weighted by Gasteiger charge is -2.16. The average Bonchev–Trinajstić information content (AvgIpc) is 3.01. The van der Waals surface area contributed by atoms with Gasteiger partial charge in [-0.2, -0.15) is 0 Å². The van der Waals surface area contributed by atoms with Crippen LogP contribution >= 0.6 is 0 Å². The fraction of sp³-hybridized carbons (Fsp3) is 0.235. The molecule has 2 aromatic rings. The number of ether oxygens (including phenoxy) is 2. The van der Waals surface area contributed by atoms with Crippen LogP contribution in [0, 0.1) is 0 Å². The fourth-order valence-electron chi connectivity index (χ4n) is 2.35. The summed E-state index contributed by atoms with van der Waals surface area (Å²) in [6.07, 6.45) is 1.80. The summed E-state index contributed by atoms with van der Waals surface area (Å²) in [5.41, 5.74) is 2.71. The minimum atomic E-state index is 0.0689. The monoisotopic (exact) mass is 268 g/mol. The molecule has 1 saturated heterocycles. The Kier molecular flexibility index (Phi) is 3.79. The summed E-state index contributed by atoms with van der Waals surface area (Å²) in [6.45, 7) is 1.35. The average molecular weight is 268 g/mol. The van der Waals surface area contributed by atoms with E-state index in [2.05, 4.69) is 0 Å². The van der Waals surface area contributed by atoms with E-state index in [1.54, 1.807) is 6.07 Å². The number of aldehydes is 1. The van der Waals surface area contributed by atoms with Crippen molar-refractivity contribution in [2.24, 2.45) is 0 Å². The first-order chi connectivity index (χ1) is 9.86. The zero-order chi connectivity index (χ0) is 13.8. The van der Waals surface area contributed by atoms with Crippen molar-refractivity contribution in [2.45, 2.75) is 12.5 Å². The number of hydrogen-bond acceptors (Lipinski definition) is 3. The van der Waals surface area contributed by atoms with Crippen molar-refractivity contribution in [3.63, 3.8) is 0 Å². The van der Waals surface area contributed by atoms with E-state index >= 15 is 0 Å². The number of rotatable bonds is 4. The lowest BCUT2D eigenvalue weighted by molar-refractivity contribution is 0.112. The lowest BCUT2D eigenvalue weighted by Crippen LogP contribution is -2.16. The van der Waals surface area contributed by atoms with Gasteiger partial charge in [0.1, 0.15) is 18.1 Å². The fourth-order valence-corrected chi connectivity index (χ4v) is 2.35. The molecule has 0 saturated carbocycles. The number of hydrogen-bond donors (Lipinski definition) is 0. The molecule has 1 unspecified atom stereocenters. The van der Waals surface area contributed by atoms with Crippen molar-refractivity contribution in [3.8, 4) is 16.9 Å². The molecule has 1 fully saturated rings. The molecule has 0 aromatic heterocycles. The Labute approximate surface area is 118 Å². The van der Waals surface area contributed by atoms with Gasteiger partial charge in [-0.15, -0.1) is 0 Å². The highest BCUT2D eigenvalue weighted by molar-refractivity contribution is 5.80. The van der Waals surface area contributed by atoms with Gasteiger partial charge < -0.3 is 9.47 Å². The van der Waals surface area contributed by atoms with Crippen LogP contribution in [0.25, 0.3) is 11.1 Å². The summed E-state index contributed by atoms with van der Waals surface area (Å²) >= 11 is 0. The van der Waals surface area contributed by atoms with Crippen LogP contribution in [-0.2, 0) is 4.74 Å². The lowest BCUT2D eigenvalue weighted by atomic mass is 10.0. The van der Waals surface area contributed by atoms with Gasteiger partial charge in [0.15, 0.2) is 0 Å². The molecule has 20 heavy (non-hydrogen) atoms. The van der Waals surface area contributed by atoms with E-state index in [4.69, 9.17) is 9.47 Å². The predicted molar refractivity (Wildman–Crippen MR) is 77.1 cm³/mol. The standard InChI is InChI=1S/C17H16O3/c18-11-13-6-7-16(14-4-2-1-3-5-14)17(10-13)20-15-8-9-19-12-15/h1-7,10-11,15H,8-9,12H2. The molecule has 0 N–H and O–H groups in total. The molecule has 0 aliphatic carbocycles. The van der Waals surface area contributed by atoms with Crippen molar-refractivity contribution in [2.75, 3.05) is 13.2 Å². The molecular weight excluding hydrogens is 252 g/mol. The Morgan fingerprint density at radius 3 is 2.70 bits per heavy atom. The maximum atomic E-state index is 11.0. The molecule has 1 heterocycles. The van der Waals surface area contributed by atoms with Gasteiger partial charge in [0, 0.05) is 17.5 Å². The minimum Gasteiger partial charge on any atom is -0.487 e. The number of carbonyl (C=O) groups is 1. The molecular formula is C17H16O3. The maximum absolute atomic E-state index is 11.0. The van der Waals surface area contributed by atoms with Gasteiger partial charge in [-0.1, -0.05) is 36.4 Å². The molecule has 0 radical (unpaired) electrons. The van der Waals surface area contributed by atoms with Crippen LogP contribution in [0.15, 0.2) is 48.5 Å². The van der Waals surface area contributed by atoms with Gasteiger partial charge in [-0.3, -0.25) is 4.79 Å². The Morgan fingerprint density at radius 1 is 1.15 bits per heavy atom. The van der Waals surface area contributed by atoms with Crippen molar-refractivity contribution in [1.82, 2.24) is 0 Å². The first kappa shape index (κ1) is 12.9. The second kappa shape index (κ2) is 5.88. The molecule has 0 bridgehead atoms. The Hall–Kier alpha value is -2.13. The summed E-state index contributed by atoms with van der Waals surface area (Å²) in [5, 5.41) is 0. The van der Waals surface area contributed by atoms with E-state index in [0.717, 1.165) is 36.2 Å². The van der Waals surface area contributed by atoms with Gasteiger partial charge in [0.25, 0.3) is 0 Å². The molecule has 102 valence electrons. The second-order valence-electron chi connectivity index (χ2n) is 4.84. The molecule has 3 nitrogen and oxygen atoms in total. The molecule has 3 rings (SSSR count). The molecule has 1 aliphatic heterocycles. The first-order valence-corrected chi connectivity index (χ1v) is 6.76. The molecule has 2 aromatic carbocycles. The van der Waals surface area contributed by atoms with Crippen LogP contribution in [0.2, 0.25) is 0 Å². The topological polar surface area (TPSA) is 35.5 Å². The molecule has 1 aliphatic rings. The SMILES string of the molecule is O=Cc1ccc(-c2ccccc2)c(OC2CCOC2)c1. The summed E-state index contributed by atoms with van der Waals surface area (Å²) in [4.78, 5) is 11.0. The van der Waals surface area contributed by atoms with E-state index in [1.807, 2.05) is 42.5 Å². The zero-order valence-corrected chi connectivity index (χ0v) is 11.1. The maximum Gasteiger partial charge on any atom is 0.150 e. The van der Waals surface area contributed by atoms with Crippen molar-refractivity contribution in [1.29, 1.82) is 0 Å². The van der Waals surface area contributed by atoms with Crippen LogP contribution in [0.4, 0.5) is 0 Å². The third kappa shape index (κ3) is 2.73. The largest absolute Gasteiger partial charge is 0.487 e. The number of carbonyl (C=O) groups excluding carboxylic acids is 1. The van der Waals surface area contributed by atoms with Crippen LogP contribution in [-0.4, -0.2) is 25.6 Å². The summed E-state index contributed by atoms with van der Waals surface area (Å²) in [5.74, 6) is 0.747. The van der Waals surface area contributed by atoms with Gasteiger partial charge in [-0.25, -0.2) is 0 Å². The van der Waals surface area contributed by atoms with Crippen LogP contribution < -0.4 is 4.74 Å². The van der Waals surface area contributed by atoms with Gasteiger partial charge in [0.2, 0.25) is 0 Å². The van der Waals surface area contributed by atoms with E-state index < -0.39 is 0 Å². The predicted octanol–water partition coefficient (Wildman–Crippen LogP) is 3.33. The third-order valence-corrected chi connectivity index (χ3v) is 3.41. The Morgan fingerprint density at radius 2 is 2.00 bits per heavy atom. The van der Waals surface area contributed by atoms with Gasteiger partial charge >= 0.3 is 0 Å². The molecule has 0 spiro atoms. The van der Waals surface area contributed by atoms with E-state index in [-0.39, 0.29) is 6.10 Å². The minimum absolute atomic E-state index is 0.0689. The highest BCUT2D eigenvalue weighted by atomic mass is 16.5. The molecule has 1 atom stereocenters. The van der Waals surface area contributed by atoms with Crippen molar-refractivity contribution >= 4 is 6.29 Å². The van der Waals surface area contributed by atoms with Crippen LogP contribution in [0.3, 0.4) is 0 Å². The highest BCUT2D eigenvalue weighted by Crippen LogP contribution is 2.32. The van der Waals surface area contributed by atoms with Gasteiger partial charge in [0.05, 0.1) is 13.2 Å². The summed E-state index contributed by atoms with van der Waals surface area (Å²) in [6, 6.07) is 15.6. The Balaban J connectivity index is 1.97. The highest BCUT2D eigenvalue weighted by Gasteiger charge is 2.19. The zero-order valence-electron chi connectivity index (χ0n) is 11.1. The molecule has 0 amide bonds. The van der Waals surface area contributed by atoms with Crippen molar-refractivity contribution < 1.29 is 14.3 Å². The van der Waals surface area contributed by atoms with E-state index in [0.29, 0.717) is 12.2 Å². The van der Waals surface area contributed by atoms with Crippen molar-refractivity contribution in [3.05, 3.63) is 54.1 Å². The smallest absolute Gasteiger partial charge is 0.150 e. The van der Waals surface area contributed by atoms with Gasteiger partial charge in [-0.05, 0) is 17.7 Å². The van der Waals surface area contributed by atoms with Crippen LogP contribution in [0.5, 0.6) is 5.75 Å².